The number of nitrogens with zero attached hydrogens (tertiary/aromatic N) is 6. The van der Waals surface area contributed by atoms with Crippen LogP contribution in [-0.4, -0.2) is 56.7 Å². The lowest BCUT2D eigenvalue weighted by atomic mass is 9.97. The van der Waals surface area contributed by atoms with E-state index in [0.29, 0.717) is 12.5 Å². The molecule has 3 heterocycles. The van der Waals surface area contributed by atoms with Gasteiger partial charge in [-0.25, -0.2) is 19.0 Å². The fourth-order valence-corrected chi connectivity index (χ4v) is 5.09. The smallest absolute Gasteiger partial charge is 0.225 e. The van der Waals surface area contributed by atoms with Gasteiger partial charge in [-0.15, -0.1) is 0 Å². The van der Waals surface area contributed by atoms with Gasteiger partial charge in [0.1, 0.15) is 17.5 Å². The minimum atomic E-state index is -0.280. The molecule has 1 aliphatic rings. The van der Waals surface area contributed by atoms with Crippen molar-refractivity contribution in [1.82, 2.24) is 24.6 Å². The van der Waals surface area contributed by atoms with E-state index < -0.39 is 0 Å². The predicted molar refractivity (Wildman–Crippen MR) is 142 cm³/mol. The van der Waals surface area contributed by atoms with E-state index >= 15 is 0 Å². The molecule has 0 N–H and O–H groups in total. The number of amides is 1. The lowest BCUT2D eigenvalue weighted by Crippen LogP contribution is -2.39. The third-order valence-electron chi connectivity index (χ3n) is 7.13. The van der Waals surface area contributed by atoms with E-state index in [1.54, 1.807) is 16.8 Å². The summed E-state index contributed by atoms with van der Waals surface area (Å²) >= 11 is 0. The van der Waals surface area contributed by atoms with Crippen molar-refractivity contribution in [1.29, 1.82) is 0 Å². The quantitative estimate of drug-likeness (QED) is 0.395. The summed E-state index contributed by atoms with van der Waals surface area (Å²) in [6, 6.07) is 6.33. The van der Waals surface area contributed by atoms with E-state index in [1.165, 1.54) is 12.1 Å². The fraction of sp³-hybridized carbons (Fsp3) is 0.571. The van der Waals surface area contributed by atoms with Gasteiger partial charge in [0, 0.05) is 38.5 Å². The second-order valence-corrected chi connectivity index (χ2v) is 9.80. The van der Waals surface area contributed by atoms with Gasteiger partial charge in [-0.05, 0) is 56.9 Å². The zero-order valence-electron chi connectivity index (χ0n) is 22.1. The van der Waals surface area contributed by atoms with Crippen LogP contribution >= 0.6 is 0 Å². The first kappa shape index (κ1) is 26.0. The summed E-state index contributed by atoms with van der Waals surface area (Å²) in [5.41, 5.74) is 2.36. The molecule has 194 valence electrons. The van der Waals surface area contributed by atoms with Crippen molar-refractivity contribution in [3.63, 3.8) is 0 Å². The van der Waals surface area contributed by atoms with Crippen LogP contribution in [0.3, 0.4) is 0 Å². The largest absolute Gasteiger partial charge is 0.354 e. The second kappa shape index (κ2) is 11.8. The van der Waals surface area contributed by atoms with Crippen LogP contribution in [0.15, 0.2) is 24.3 Å². The van der Waals surface area contributed by atoms with E-state index in [2.05, 4.69) is 30.6 Å². The van der Waals surface area contributed by atoms with Gasteiger partial charge in [0.2, 0.25) is 5.91 Å². The van der Waals surface area contributed by atoms with Crippen LogP contribution in [0.1, 0.15) is 70.8 Å². The number of fused-ring (bicyclic) bond motifs is 1. The molecule has 1 amide bonds. The summed E-state index contributed by atoms with van der Waals surface area (Å²) in [7, 11) is 0. The number of aromatic nitrogens is 4. The Morgan fingerprint density at radius 1 is 1.03 bits per heavy atom. The molecule has 1 fully saturated rings. The van der Waals surface area contributed by atoms with Gasteiger partial charge in [-0.1, -0.05) is 33.6 Å². The highest BCUT2D eigenvalue weighted by Gasteiger charge is 2.27. The van der Waals surface area contributed by atoms with Crippen LogP contribution in [0, 0.1) is 18.7 Å². The summed E-state index contributed by atoms with van der Waals surface area (Å²) in [6.07, 6.45) is 6.69. The van der Waals surface area contributed by atoms with Gasteiger partial charge in [-0.2, -0.15) is 5.10 Å². The second-order valence-electron chi connectivity index (χ2n) is 9.80. The van der Waals surface area contributed by atoms with Crippen LogP contribution in [-0.2, 0) is 11.2 Å². The van der Waals surface area contributed by atoms with Crippen molar-refractivity contribution in [3.8, 4) is 5.69 Å². The maximum Gasteiger partial charge on any atom is 0.225 e. The molecular weight excluding hydrogens is 455 g/mol. The molecular formula is C28H39FN6O. The summed E-state index contributed by atoms with van der Waals surface area (Å²) in [6.45, 7) is 11.4. The summed E-state index contributed by atoms with van der Waals surface area (Å²) in [5.74, 6) is 1.81. The number of carbonyl (C=O) groups is 1. The van der Waals surface area contributed by atoms with Gasteiger partial charge >= 0.3 is 0 Å². The molecule has 0 saturated carbocycles. The number of halogens is 1. The monoisotopic (exact) mass is 494 g/mol. The molecule has 7 nitrogen and oxygen atoms in total. The number of hydrogen-bond acceptors (Lipinski definition) is 5. The molecule has 0 unspecified atom stereocenters. The first-order valence-electron chi connectivity index (χ1n) is 13.5. The van der Waals surface area contributed by atoms with E-state index in [0.717, 1.165) is 98.6 Å². The van der Waals surface area contributed by atoms with E-state index in [9.17, 15) is 9.18 Å². The third-order valence-corrected chi connectivity index (χ3v) is 7.13. The molecule has 1 aliphatic heterocycles. The van der Waals surface area contributed by atoms with Gasteiger partial charge in [0.15, 0.2) is 5.65 Å². The minimum absolute atomic E-state index is 0.120. The highest BCUT2D eigenvalue weighted by molar-refractivity contribution is 5.91. The van der Waals surface area contributed by atoms with Gasteiger partial charge in [-0.3, -0.25) is 4.79 Å². The van der Waals surface area contributed by atoms with E-state index in [-0.39, 0.29) is 11.7 Å². The first-order chi connectivity index (χ1) is 17.5. The van der Waals surface area contributed by atoms with Crippen molar-refractivity contribution in [2.24, 2.45) is 5.92 Å². The Labute approximate surface area is 213 Å². The Kier molecular flexibility index (Phi) is 8.54. The first-order valence-corrected chi connectivity index (χ1v) is 13.5. The van der Waals surface area contributed by atoms with E-state index in [4.69, 9.17) is 15.1 Å². The molecule has 1 aromatic carbocycles. The van der Waals surface area contributed by atoms with Crippen molar-refractivity contribution in [2.45, 2.75) is 72.6 Å². The Morgan fingerprint density at radius 2 is 1.81 bits per heavy atom. The van der Waals surface area contributed by atoms with Gasteiger partial charge < -0.3 is 9.80 Å². The van der Waals surface area contributed by atoms with Crippen molar-refractivity contribution >= 4 is 22.8 Å². The molecule has 3 aromatic rings. The average molecular weight is 495 g/mol. The summed E-state index contributed by atoms with van der Waals surface area (Å²) < 4.78 is 15.4. The molecule has 0 aliphatic carbocycles. The van der Waals surface area contributed by atoms with Crippen LogP contribution in [0.2, 0.25) is 0 Å². The van der Waals surface area contributed by atoms with Crippen LogP contribution < -0.4 is 4.90 Å². The van der Waals surface area contributed by atoms with Crippen molar-refractivity contribution < 1.29 is 9.18 Å². The highest BCUT2D eigenvalue weighted by atomic mass is 19.1. The lowest BCUT2D eigenvalue weighted by Gasteiger charge is -2.26. The number of unbranched alkanes of at least 4 members (excludes halogenated alkanes) is 1. The third kappa shape index (κ3) is 5.52. The average Bonchev–Trinajstić information content (AvgIpc) is 3.05. The highest BCUT2D eigenvalue weighted by Crippen LogP contribution is 2.30. The van der Waals surface area contributed by atoms with Crippen molar-refractivity contribution in [3.05, 3.63) is 41.6 Å². The molecule has 8 heteroatoms. The Hall–Kier alpha value is -3.03. The molecule has 1 atom stereocenters. The molecule has 2 aromatic heterocycles. The Bertz CT molecular complexity index is 1170. The molecule has 0 spiro atoms. The molecule has 4 rings (SSSR count). The standard InChI is InChI=1S/C28H39FN6O/c1-5-8-11-21(7-3)28(36)34-17-9-16-33(18-19-34)26-25-20(4)32-35(23-14-12-22(29)13-15-23)27(25)31-24(30-26)10-6-2/h12-15,21H,5-11,16-19H2,1-4H3/t21-/m1/s1. The number of anilines is 1. The normalized spacial score (nSPS) is 15.4. The maximum atomic E-state index is 13.6. The SMILES string of the molecule is CCCC[C@@H](CC)C(=O)N1CCCN(c2nc(CCC)nc3c2c(C)nn3-c2ccc(F)cc2)CC1. The Morgan fingerprint density at radius 3 is 2.50 bits per heavy atom. The van der Waals surface area contributed by atoms with E-state index in [1.807, 2.05) is 6.92 Å². The Balaban J connectivity index is 1.66. The zero-order chi connectivity index (χ0) is 25.7. The fourth-order valence-electron chi connectivity index (χ4n) is 5.09. The summed E-state index contributed by atoms with van der Waals surface area (Å²) in [5, 5.41) is 5.70. The molecule has 0 radical (unpaired) electrons. The zero-order valence-corrected chi connectivity index (χ0v) is 22.1. The van der Waals surface area contributed by atoms with Crippen LogP contribution in [0.4, 0.5) is 10.2 Å². The number of benzene rings is 1. The minimum Gasteiger partial charge on any atom is -0.354 e. The summed E-state index contributed by atoms with van der Waals surface area (Å²) in [4.78, 5) is 27.5. The lowest BCUT2D eigenvalue weighted by molar-refractivity contribution is -0.135. The molecule has 0 bridgehead atoms. The maximum absolute atomic E-state index is 13.6. The van der Waals surface area contributed by atoms with Crippen LogP contribution in [0.5, 0.6) is 0 Å². The number of aryl methyl sites for hydroxylation is 2. The topological polar surface area (TPSA) is 67.2 Å². The molecule has 36 heavy (non-hydrogen) atoms. The predicted octanol–water partition coefficient (Wildman–Crippen LogP) is 5.47. The van der Waals surface area contributed by atoms with Gasteiger partial charge in [0.05, 0.1) is 16.8 Å². The number of rotatable bonds is 9. The molecule has 1 saturated heterocycles. The number of hydrogen-bond donors (Lipinski definition) is 0. The van der Waals surface area contributed by atoms with Crippen LogP contribution in [0.25, 0.3) is 16.7 Å². The number of carbonyl (C=O) groups excluding carboxylic acids is 1. The van der Waals surface area contributed by atoms with Crippen molar-refractivity contribution in [2.75, 3.05) is 31.1 Å². The van der Waals surface area contributed by atoms with Gasteiger partial charge in [0.25, 0.3) is 0 Å².